The lowest BCUT2D eigenvalue weighted by Gasteiger charge is -2.21. The van der Waals surface area contributed by atoms with E-state index in [1.165, 1.54) is 17.0 Å². The van der Waals surface area contributed by atoms with Gasteiger partial charge in [-0.05, 0) is 37.4 Å². The summed E-state index contributed by atoms with van der Waals surface area (Å²) in [6.07, 6.45) is 5.58. The molecule has 2 aromatic rings. The predicted molar refractivity (Wildman–Crippen MR) is 86.3 cm³/mol. The van der Waals surface area contributed by atoms with E-state index in [9.17, 15) is 0 Å². The zero-order chi connectivity index (χ0) is 14.5. The molecule has 0 aliphatic carbocycles. The van der Waals surface area contributed by atoms with Gasteiger partial charge in [-0.1, -0.05) is 20.8 Å². The van der Waals surface area contributed by atoms with E-state index in [1.807, 2.05) is 6.92 Å². The zero-order valence-corrected chi connectivity index (χ0v) is 13.7. The number of aromatic nitrogens is 2. The van der Waals surface area contributed by atoms with E-state index in [1.54, 1.807) is 11.3 Å². The van der Waals surface area contributed by atoms with Gasteiger partial charge in [-0.3, -0.25) is 0 Å². The lowest BCUT2D eigenvalue weighted by molar-refractivity contribution is 0.412. The zero-order valence-electron chi connectivity index (χ0n) is 12.9. The molecule has 2 rings (SSSR count). The molecule has 2 heterocycles. The molecule has 0 spiro atoms. The van der Waals surface area contributed by atoms with Gasteiger partial charge in [0.1, 0.15) is 5.01 Å². The van der Waals surface area contributed by atoms with E-state index in [4.69, 9.17) is 0 Å². The average molecular weight is 291 g/mol. The van der Waals surface area contributed by atoms with Crippen LogP contribution in [0.3, 0.4) is 0 Å². The molecule has 3 nitrogen and oxygen atoms in total. The lowest BCUT2D eigenvalue weighted by Crippen LogP contribution is -2.26. The highest BCUT2D eigenvalue weighted by molar-refractivity contribution is 7.09. The minimum absolute atomic E-state index is 0.439. The largest absolute Gasteiger partial charge is 0.347 e. The Morgan fingerprint density at radius 2 is 2.20 bits per heavy atom. The Balaban J connectivity index is 2.06. The first-order chi connectivity index (χ1) is 9.60. The Labute approximate surface area is 126 Å². The average Bonchev–Trinajstić information content (AvgIpc) is 3.00. The molecule has 1 atom stereocenters. The highest BCUT2D eigenvalue weighted by Crippen LogP contribution is 2.22. The Hall–Kier alpha value is -1.13. The van der Waals surface area contributed by atoms with Crippen LogP contribution in [0.5, 0.6) is 0 Å². The minimum Gasteiger partial charge on any atom is -0.347 e. The number of thiazole rings is 1. The Bertz CT molecular complexity index is 527. The van der Waals surface area contributed by atoms with E-state index in [0.29, 0.717) is 12.0 Å². The molecule has 0 amide bonds. The summed E-state index contributed by atoms with van der Waals surface area (Å²) >= 11 is 1.73. The highest BCUT2D eigenvalue weighted by atomic mass is 32.1. The maximum absolute atomic E-state index is 4.53. The topological polar surface area (TPSA) is 29.9 Å². The van der Waals surface area contributed by atoms with Gasteiger partial charge < -0.3 is 9.88 Å². The Morgan fingerprint density at radius 1 is 1.40 bits per heavy atom. The number of hydrogen-bond donors (Lipinski definition) is 1. The molecular formula is C16H25N3S. The molecule has 0 bridgehead atoms. The number of nitrogens with one attached hydrogen (secondary N) is 1. The minimum atomic E-state index is 0.439. The Morgan fingerprint density at radius 3 is 2.80 bits per heavy atom. The van der Waals surface area contributed by atoms with Gasteiger partial charge in [0.2, 0.25) is 0 Å². The summed E-state index contributed by atoms with van der Waals surface area (Å²) < 4.78 is 2.23. The predicted octanol–water partition coefficient (Wildman–Crippen LogP) is 4.00. The quantitative estimate of drug-likeness (QED) is 0.835. The fourth-order valence-electron chi connectivity index (χ4n) is 2.41. The van der Waals surface area contributed by atoms with Crippen LogP contribution in [0.2, 0.25) is 0 Å². The van der Waals surface area contributed by atoms with Crippen molar-refractivity contribution in [3.8, 4) is 0 Å². The molecule has 0 radical (unpaired) electrons. The van der Waals surface area contributed by atoms with Crippen molar-refractivity contribution in [2.45, 2.75) is 46.7 Å². The summed E-state index contributed by atoms with van der Waals surface area (Å²) in [5.41, 5.74) is 2.49. The van der Waals surface area contributed by atoms with Crippen LogP contribution in [-0.2, 0) is 6.54 Å². The van der Waals surface area contributed by atoms with Gasteiger partial charge in [-0.2, -0.15) is 0 Å². The van der Waals surface area contributed by atoms with Crippen molar-refractivity contribution in [2.75, 3.05) is 6.54 Å². The van der Waals surface area contributed by atoms with Crippen LogP contribution in [0, 0.1) is 12.8 Å². The second kappa shape index (κ2) is 7.04. The van der Waals surface area contributed by atoms with Crippen LogP contribution in [0.25, 0.3) is 0 Å². The van der Waals surface area contributed by atoms with Crippen molar-refractivity contribution < 1.29 is 0 Å². The third-order valence-electron chi connectivity index (χ3n) is 3.40. The SMILES string of the molecule is CCCNC(c1ccn(Cc2nc(C)cs2)c1)C(C)C. The summed E-state index contributed by atoms with van der Waals surface area (Å²) in [5, 5.41) is 6.92. The summed E-state index contributed by atoms with van der Waals surface area (Å²) in [5.74, 6) is 0.597. The first-order valence-corrected chi connectivity index (χ1v) is 8.28. The normalized spacial score (nSPS) is 13.1. The van der Waals surface area contributed by atoms with Crippen molar-refractivity contribution in [3.63, 3.8) is 0 Å². The van der Waals surface area contributed by atoms with Crippen LogP contribution in [-0.4, -0.2) is 16.1 Å². The van der Waals surface area contributed by atoms with E-state index in [2.05, 4.69) is 59.5 Å². The molecule has 1 unspecified atom stereocenters. The smallest absolute Gasteiger partial charge is 0.113 e. The summed E-state index contributed by atoms with van der Waals surface area (Å²) in [6, 6.07) is 2.67. The van der Waals surface area contributed by atoms with Gasteiger partial charge in [0.05, 0.1) is 6.54 Å². The van der Waals surface area contributed by atoms with Crippen LogP contribution >= 0.6 is 11.3 Å². The molecule has 0 saturated carbocycles. The van der Waals surface area contributed by atoms with Crippen LogP contribution in [0.1, 0.15) is 49.5 Å². The standard InChI is InChI=1S/C16H25N3S/c1-5-7-17-16(12(2)3)14-6-8-19(9-14)10-15-18-13(4)11-20-15/h6,8-9,11-12,16-17H,5,7,10H2,1-4H3. The summed E-state index contributed by atoms with van der Waals surface area (Å²) in [4.78, 5) is 4.53. The van der Waals surface area contributed by atoms with Gasteiger partial charge in [-0.15, -0.1) is 11.3 Å². The van der Waals surface area contributed by atoms with Crippen molar-refractivity contribution in [3.05, 3.63) is 40.1 Å². The van der Waals surface area contributed by atoms with Crippen LogP contribution < -0.4 is 5.32 Å². The monoisotopic (exact) mass is 291 g/mol. The second-order valence-corrected chi connectivity index (χ2v) is 6.62. The fourth-order valence-corrected chi connectivity index (χ4v) is 3.19. The van der Waals surface area contributed by atoms with E-state index < -0.39 is 0 Å². The maximum Gasteiger partial charge on any atom is 0.113 e. The number of hydrogen-bond acceptors (Lipinski definition) is 3. The number of nitrogens with zero attached hydrogens (tertiary/aromatic N) is 2. The van der Waals surface area contributed by atoms with Crippen LogP contribution in [0.4, 0.5) is 0 Å². The van der Waals surface area contributed by atoms with Gasteiger partial charge in [0, 0.05) is 29.5 Å². The van der Waals surface area contributed by atoms with E-state index in [-0.39, 0.29) is 0 Å². The summed E-state index contributed by atoms with van der Waals surface area (Å²) in [7, 11) is 0. The first-order valence-electron chi connectivity index (χ1n) is 7.40. The number of aryl methyl sites for hydroxylation is 1. The first kappa shape index (κ1) is 15.3. The van der Waals surface area contributed by atoms with Crippen molar-refractivity contribution in [2.24, 2.45) is 5.92 Å². The van der Waals surface area contributed by atoms with Gasteiger partial charge >= 0.3 is 0 Å². The molecule has 0 saturated heterocycles. The van der Waals surface area contributed by atoms with E-state index in [0.717, 1.165) is 18.8 Å². The van der Waals surface area contributed by atoms with Gasteiger partial charge in [0.15, 0.2) is 0 Å². The van der Waals surface area contributed by atoms with E-state index >= 15 is 0 Å². The molecule has 4 heteroatoms. The maximum atomic E-state index is 4.53. The molecule has 0 aliphatic heterocycles. The van der Waals surface area contributed by atoms with Crippen molar-refractivity contribution >= 4 is 11.3 Å². The second-order valence-electron chi connectivity index (χ2n) is 5.68. The molecule has 2 aromatic heterocycles. The van der Waals surface area contributed by atoms with Gasteiger partial charge in [-0.25, -0.2) is 4.98 Å². The molecule has 0 aromatic carbocycles. The Kier molecular flexibility index (Phi) is 5.38. The van der Waals surface area contributed by atoms with Gasteiger partial charge in [0.25, 0.3) is 0 Å². The van der Waals surface area contributed by atoms with Crippen molar-refractivity contribution in [1.82, 2.24) is 14.9 Å². The summed E-state index contributed by atoms with van der Waals surface area (Å²) in [6.45, 7) is 10.7. The molecular weight excluding hydrogens is 266 g/mol. The third kappa shape index (κ3) is 3.93. The fraction of sp³-hybridized carbons (Fsp3) is 0.562. The highest BCUT2D eigenvalue weighted by Gasteiger charge is 2.16. The molecule has 0 aliphatic rings. The molecule has 20 heavy (non-hydrogen) atoms. The van der Waals surface area contributed by atoms with Crippen LogP contribution in [0.15, 0.2) is 23.8 Å². The lowest BCUT2D eigenvalue weighted by atomic mass is 9.98. The number of rotatable bonds is 7. The molecule has 110 valence electrons. The molecule has 0 fully saturated rings. The molecule has 1 N–H and O–H groups in total. The third-order valence-corrected chi connectivity index (χ3v) is 4.35. The van der Waals surface area contributed by atoms with Crippen molar-refractivity contribution in [1.29, 1.82) is 0 Å².